The first-order valence-electron chi connectivity index (χ1n) is 6.58. The molecule has 0 spiro atoms. The molecule has 0 aliphatic carbocycles. The molecule has 2 heterocycles. The van der Waals surface area contributed by atoms with E-state index < -0.39 is 29.7 Å². The van der Waals surface area contributed by atoms with Gasteiger partial charge in [-0.2, -0.15) is 0 Å². The van der Waals surface area contributed by atoms with Crippen LogP contribution in [0.5, 0.6) is 0 Å². The van der Waals surface area contributed by atoms with E-state index >= 15 is 0 Å². The van der Waals surface area contributed by atoms with Crippen molar-refractivity contribution in [2.75, 3.05) is 0 Å². The highest BCUT2D eigenvalue weighted by Gasteiger charge is 2.47. The van der Waals surface area contributed by atoms with Crippen LogP contribution in [0.3, 0.4) is 0 Å². The molecule has 0 aromatic carbocycles. The molecule has 0 aromatic heterocycles. The molecule has 1 N–H and O–H groups in total. The van der Waals surface area contributed by atoms with Crippen LogP contribution in [0, 0.1) is 0 Å². The molecule has 7 nitrogen and oxygen atoms in total. The van der Waals surface area contributed by atoms with Crippen LogP contribution in [0.15, 0.2) is 28.9 Å². The molecule has 0 saturated carbocycles. The maximum atomic E-state index is 12.4. The molecular weight excluding hydrogens is 274 g/mol. The van der Waals surface area contributed by atoms with E-state index in [9.17, 15) is 19.2 Å². The van der Waals surface area contributed by atoms with Gasteiger partial charge in [0.15, 0.2) is 0 Å². The number of aliphatic imine (C=N–C) groups is 1. The average molecular weight is 289 g/mol. The summed E-state index contributed by atoms with van der Waals surface area (Å²) < 4.78 is 0. The van der Waals surface area contributed by atoms with Gasteiger partial charge in [0.05, 0.1) is 5.57 Å². The molecule has 2 aliphatic rings. The highest BCUT2D eigenvalue weighted by molar-refractivity contribution is 6.59. The summed E-state index contributed by atoms with van der Waals surface area (Å²) in [5, 5.41) is 2.14. The Morgan fingerprint density at radius 2 is 1.90 bits per heavy atom. The summed E-state index contributed by atoms with van der Waals surface area (Å²) in [6.45, 7) is 3.36. The second-order valence-corrected chi connectivity index (χ2v) is 4.61. The molecule has 110 valence electrons. The molecule has 2 fully saturated rings. The van der Waals surface area contributed by atoms with Gasteiger partial charge in [0.25, 0.3) is 11.8 Å². The van der Waals surface area contributed by atoms with Crippen LogP contribution in [0.2, 0.25) is 0 Å². The third kappa shape index (κ3) is 2.54. The van der Waals surface area contributed by atoms with E-state index in [1.165, 1.54) is 12.3 Å². The highest BCUT2D eigenvalue weighted by atomic mass is 16.2. The molecule has 2 saturated heterocycles. The Morgan fingerprint density at radius 1 is 1.19 bits per heavy atom. The van der Waals surface area contributed by atoms with Gasteiger partial charge < -0.3 is 0 Å². The van der Waals surface area contributed by atoms with Gasteiger partial charge in [-0.15, -0.1) is 0 Å². The summed E-state index contributed by atoms with van der Waals surface area (Å²) >= 11 is 0. The summed E-state index contributed by atoms with van der Waals surface area (Å²) in [6.07, 6.45) is 4.77. The summed E-state index contributed by atoms with van der Waals surface area (Å²) in [7, 11) is 0. The number of rotatable bonds is 2. The van der Waals surface area contributed by atoms with Crippen molar-refractivity contribution < 1.29 is 19.2 Å². The Morgan fingerprint density at radius 3 is 2.48 bits per heavy atom. The van der Waals surface area contributed by atoms with Crippen molar-refractivity contribution >= 4 is 29.3 Å². The maximum absolute atomic E-state index is 12.4. The van der Waals surface area contributed by atoms with Crippen molar-refractivity contribution in [2.45, 2.75) is 32.7 Å². The van der Waals surface area contributed by atoms with Crippen LogP contribution >= 0.6 is 0 Å². The summed E-state index contributed by atoms with van der Waals surface area (Å²) in [4.78, 5) is 52.5. The Bertz CT molecular complexity index is 616. The summed E-state index contributed by atoms with van der Waals surface area (Å²) in [5.74, 6) is -2.19. The lowest BCUT2D eigenvalue weighted by Gasteiger charge is -2.27. The van der Waals surface area contributed by atoms with E-state index in [1.807, 2.05) is 0 Å². The number of carbonyl (C=O) groups excluding carboxylic acids is 4. The molecule has 0 radical (unpaired) electrons. The lowest BCUT2D eigenvalue weighted by atomic mass is 10.0. The van der Waals surface area contributed by atoms with Crippen molar-refractivity contribution in [3.05, 3.63) is 23.9 Å². The van der Waals surface area contributed by atoms with Gasteiger partial charge >= 0.3 is 0 Å². The first-order valence-corrected chi connectivity index (χ1v) is 6.58. The van der Waals surface area contributed by atoms with E-state index in [0.717, 1.165) is 4.90 Å². The standard InChI is InChI=1S/C14H15N3O4/c1-3-7-15-11-8(4-2)13(20)17(14(11)21)9-5-6-10(18)16-12(9)19/h3-4,7,9H,5-6H2,1-2H3,(H,16,18,19)/b7-3-,8-4+,15-11+. The van der Waals surface area contributed by atoms with E-state index in [1.54, 1.807) is 19.9 Å². The fourth-order valence-corrected chi connectivity index (χ4v) is 2.30. The van der Waals surface area contributed by atoms with Crippen LogP contribution in [-0.2, 0) is 19.2 Å². The van der Waals surface area contributed by atoms with E-state index in [2.05, 4.69) is 10.3 Å². The number of imide groups is 2. The summed E-state index contributed by atoms with van der Waals surface area (Å²) in [5.41, 5.74) is 0.188. The number of allylic oxidation sites excluding steroid dienone is 2. The van der Waals surface area contributed by atoms with Crippen molar-refractivity contribution in [1.29, 1.82) is 0 Å². The first-order chi connectivity index (χ1) is 10.0. The van der Waals surface area contributed by atoms with E-state index in [0.29, 0.717) is 0 Å². The summed E-state index contributed by atoms with van der Waals surface area (Å²) in [6, 6.07) is -0.962. The highest BCUT2D eigenvalue weighted by Crippen LogP contribution is 2.23. The van der Waals surface area contributed by atoms with Crippen LogP contribution in [-0.4, -0.2) is 40.3 Å². The fourth-order valence-electron chi connectivity index (χ4n) is 2.30. The molecule has 0 bridgehead atoms. The SMILES string of the molecule is C\C=C/N=C1/C(=O)N(C2CCC(=O)NC2=O)C(=O)/C1=C/C. The zero-order valence-corrected chi connectivity index (χ0v) is 11.8. The van der Waals surface area contributed by atoms with Gasteiger partial charge in [0.1, 0.15) is 11.8 Å². The van der Waals surface area contributed by atoms with Gasteiger partial charge in [0, 0.05) is 12.6 Å². The number of nitrogens with one attached hydrogen (secondary N) is 1. The van der Waals surface area contributed by atoms with Gasteiger partial charge in [-0.3, -0.25) is 34.4 Å². The third-order valence-corrected chi connectivity index (χ3v) is 3.29. The predicted octanol–water partition coefficient (Wildman–Crippen LogP) is 0.0813. The van der Waals surface area contributed by atoms with Crippen molar-refractivity contribution in [1.82, 2.24) is 10.2 Å². The van der Waals surface area contributed by atoms with E-state index in [4.69, 9.17) is 0 Å². The van der Waals surface area contributed by atoms with E-state index in [-0.39, 0.29) is 24.1 Å². The largest absolute Gasteiger partial charge is 0.295 e. The first kappa shape index (κ1) is 14.8. The van der Waals surface area contributed by atoms with Gasteiger partial charge in [-0.05, 0) is 20.3 Å². The normalized spacial score (nSPS) is 27.3. The lowest BCUT2D eigenvalue weighted by molar-refractivity contribution is -0.148. The number of hydrogen-bond acceptors (Lipinski definition) is 5. The number of carbonyl (C=O) groups is 4. The number of nitrogens with zero attached hydrogens (tertiary/aromatic N) is 2. The minimum Gasteiger partial charge on any atom is -0.295 e. The van der Waals surface area contributed by atoms with Crippen LogP contribution < -0.4 is 5.32 Å². The molecular formula is C14H15N3O4. The maximum Gasteiger partial charge on any atom is 0.280 e. The zero-order chi connectivity index (χ0) is 15.6. The second kappa shape index (κ2) is 5.82. The fraction of sp³-hybridized carbons (Fsp3) is 0.357. The second-order valence-electron chi connectivity index (χ2n) is 4.61. The molecule has 1 unspecified atom stereocenters. The van der Waals surface area contributed by atoms with Crippen LogP contribution in [0.1, 0.15) is 26.7 Å². The molecule has 1 atom stereocenters. The molecule has 2 aliphatic heterocycles. The number of hydrogen-bond donors (Lipinski definition) is 1. The Hall–Kier alpha value is -2.57. The zero-order valence-electron chi connectivity index (χ0n) is 11.8. The molecule has 4 amide bonds. The van der Waals surface area contributed by atoms with Gasteiger partial charge in [-0.1, -0.05) is 12.2 Å². The third-order valence-electron chi connectivity index (χ3n) is 3.29. The Labute approximate surface area is 121 Å². The minimum absolute atomic E-state index is 0.0188. The minimum atomic E-state index is -0.962. The quantitative estimate of drug-likeness (QED) is 0.575. The predicted molar refractivity (Wildman–Crippen MR) is 74.0 cm³/mol. The molecule has 0 aromatic rings. The smallest absolute Gasteiger partial charge is 0.280 e. The molecule has 2 rings (SSSR count). The topological polar surface area (TPSA) is 95.9 Å². The van der Waals surface area contributed by atoms with Crippen molar-refractivity contribution in [3.8, 4) is 0 Å². The average Bonchev–Trinajstić information content (AvgIpc) is 2.68. The number of amides is 4. The number of piperidine rings is 1. The molecule has 21 heavy (non-hydrogen) atoms. The Balaban J connectivity index is 2.37. The van der Waals surface area contributed by atoms with Crippen molar-refractivity contribution in [3.63, 3.8) is 0 Å². The monoisotopic (exact) mass is 289 g/mol. The number of likely N-dealkylation sites (tertiary alicyclic amines) is 1. The lowest BCUT2D eigenvalue weighted by Crippen LogP contribution is -2.54. The van der Waals surface area contributed by atoms with Gasteiger partial charge in [-0.25, -0.2) is 0 Å². The van der Waals surface area contributed by atoms with Gasteiger partial charge in [0.2, 0.25) is 11.8 Å². The van der Waals surface area contributed by atoms with Crippen LogP contribution in [0.4, 0.5) is 0 Å². The molecule has 7 heteroatoms. The van der Waals surface area contributed by atoms with Crippen LogP contribution in [0.25, 0.3) is 0 Å². The van der Waals surface area contributed by atoms with Crippen molar-refractivity contribution in [2.24, 2.45) is 4.99 Å². The Kier molecular flexibility index (Phi) is 4.11.